The number of carboxylic acids is 1. The van der Waals surface area contributed by atoms with Crippen molar-refractivity contribution in [2.24, 2.45) is 5.92 Å². The minimum atomic E-state index is -0.941. The molecule has 1 atom stereocenters. The molecule has 28 heavy (non-hydrogen) atoms. The molecule has 1 amide bonds. The zero-order valence-electron chi connectivity index (χ0n) is 18.2. The molecule has 6 nitrogen and oxygen atoms in total. The quantitative estimate of drug-likeness (QED) is 0.259. The fraction of sp³-hybridized carbons (Fsp3) is 0.818. The summed E-state index contributed by atoms with van der Waals surface area (Å²) >= 11 is 0. The van der Waals surface area contributed by atoms with E-state index in [1.807, 2.05) is 6.08 Å². The Morgan fingerprint density at radius 2 is 1.68 bits per heavy atom. The maximum absolute atomic E-state index is 12.5. The summed E-state index contributed by atoms with van der Waals surface area (Å²) in [4.78, 5) is 25.2. The Labute approximate surface area is 171 Å². The van der Waals surface area contributed by atoms with Gasteiger partial charge in [-0.25, -0.2) is 0 Å². The van der Waals surface area contributed by atoms with E-state index in [9.17, 15) is 9.59 Å². The third kappa shape index (κ3) is 15.6. The van der Waals surface area contributed by atoms with Gasteiger partial charge in [-0.1, -0.05) is 57.6 Å². The van der Waals surface area contributed by atoms with Crippen LogP contribution >= 0.6 is 0 Å². The first-order chi connectivity index (χ1) is 13.5. The highest BCUT2D eigenvalue weighted by atomic mass is 16.5. The van der Waals surface area contributed by atoms with Gasteiger partial charge in [0.1, 0.15) is 0 Å². The number of ether oxygens (including phenoxy) is 2. The van der Waals surface area contributed by atoms with Crippen LogP contribution in [-0.2, 0) is 19.1 Å². The number of hydrogen-bond acceptors (Lipinski definition) is 4. The largest absolute Gasteiger partial charge is 0.481 e. The van der Waals surface area contributed by atoms with Gasteiger partial charge in [0.25, 0.3) is 0 Å². The van der Waals surface area contributed by atoms with Gasteiger partial charge in [-0.3, -0.25) is 9.59 Å². The van der Waals surface area contributed by atoms with Gasteiger partial charge in [-0.15, -0.1) is 0 Å². The average molecular weight is 400 g/mol. The van der Waals surface area contributed by atoms with Gasteiger partial charge in [-0.05, 0) is 19.3 Å². The van der Waals surface area contributed by atoms with E-state index in [0.29, 0.717) is 32.8 Å². The summed E-state index contributed by atoms with van der Waals surface area (Å²) < 4.78 is 10.3. The van der Waals surface area contributed by atoms with E-state index < -0.39 is 11.9 Å². The lowest BCUT2D eigenvalue weighted by atomic mass is 9.99. The highest BCUT2D eigenvalue weighted by Crippen LogP contribution is 2.14. The molecule has 0 spiro atoms. The van der Waals surface area contributed by atoms with Crippen LogP contribution in [0.4, 0.5) is 0 Å². The summed E-state index contributed by atoms with van der Waals surface area (Å²) in [7, 11) is 3.30. The van der Waals surface area contributed by atoms with Crippen molar-refractivity contribution < 1.29 is 24.2 Å². The van der Waals surface area contributed by atoms with Crippen molar-refractivity contribution in [1.82, 2.24) is 4.90 Å². The van der Waals surface area contributed by atoms with Crippen molar-refractivity contribution in [2.75, 3.05) is 40.5 Å². The fourth-order valence-corrected chi connectivity index (χ4v) is 2.95. The van der Waals surface area contributed by atoms with E-state index >= 15 is 0 Å². The van der Waals surface area contributed by atoms with Crippen molar-refractivity contribution in [3.8, 4) is 0 Å². The molecule has 0 saturated carbocycles. The number of methoxy groups -OCH3 is 1. The van der Waals surface area contributed by atoms with Gasteiger partial charge in [-0.2, -0.15) is 0 Å². The number of aliphatic carboxylic acids is 1. The first kappa shape index (κ1) is 26.6. The highest BCUT2D eigenvalue weighted by Gasteiger charge is 2.23. The predicted octanol–water partition coefficient (Wildman–Crippen LogP) is 4.29. The minimum absolute atomic E-state index is 0.140. The Morgan fingerprint density at radius 3 is 2.32 bits per heavy atom. The van der Waals surface area contributed by atoms with Gasteiger partial charge in [0, 0.05) is 20.7 Å². The van der Waals surface area contributed by atoms with E-state index in [0.717, 1.165) is 12.8 Å². The van der Waals surface area contributed by atoms with Crippen LogP contribution in [0.15, 0.2) is 12.2 Å². The maximum atomic E-state index is 12.5. The molecule has 0 fully saturated rings. The maximum Gasteiger partial charge on any atom is 0.304 e. The molecule has 0 aromatic carbocycles. The first-order valence-electron chi connectivity index (χ1n) is 10.7. The molecule has 1 unspecified atom stereocenters. The van der Waals surface area contributed by atoms with Crippen LogP contribution in [0.3, 0.4) is 0 Å². The van der Waals surface area contributed by atoms with Crippen LogP contribution in [0.2, 0.25) is 0 Å². The molecule has 0 aliphatic rings. The third-order valence-electron chi connectivity index (χ3n) is 4.71. The first-order valence-corrected chi connectivity index (χ1v) is 10.7. The minimum Gasteiger partial charge on any atom is -0.481 e. The number of unbranched alkanes of at least 4 members (excludes halogenated alkanes) is 7. The second-order valence-corrected chi connectivity index (χ2v) is 7.28. The molecule has 0 rings (SSSR count). The molecule has 0 saturated heterocycles. The summed E-state index contributed by atoms with van der Waals surface area (Å²) in [6.07, 6.45) is 14.3. The van der Waals surface area contributed by atoms with Crippen molar-refractivity contribution in [3.05, 3.63) is 12.2 Å². The number of nitrogens with zero attached hydrogens (tertiary/aromatic N) is 1. The highest BCUT2D eigenvalue weighted by molar-refractivity contribution is 5.83. The van der Waals surface area contributed by atoms with Crippen molar-refractivity contribution in [2.45, 2.75) is 71.1 Å². The van der Waals surface area contributed by atoms with E-state index in [2.05, 4.69) is 13.0 Å². The third-order valence-corrected chi connectivity index (χ3v) is 4.71. The van der Waals surface area contributed by atoms with Crippen molar-refractivity contribution in [1.29, 1.82) is 0 Å². The topological polar surface area (TPSA) is 76.1 Å². The normalized spacial score (nSPS) is 12.4. The SMILES string of the molecule is CCCCCCCCC/C=C/CC(CC(=O)O)C(=O)N(C)CCOCCOC. The number of amides is 1. The van der Waals surface area contributed by atoms with Crippen LogP contribution in [0.1, 0.15) is 71.1 Å². The number of carbonyl (C=O) groups excluding carboxylic acids is 1. The molecule has 6 heteroatoms. The summed E-state index contributed by atoms with van der Waals surface area (Å²) in [5.74, 6) is -1.60. The van der Waals surface area contributed by atoms with Crippen LogP contribution < -0.4 is 0 Å². The Hall–Kier alpha value is -1.40. The zero-order chi connectivity index (χ0) is 21.0. The van der Waals surface area contributed by atoms with Crippen LogP contribution in [0.25, 0.3) is 0 Å². The van der Waals surface area contributed by atoms with Crippen molar-refractivity contribution >= 4 is 11.9 Å². The molecule has 1 N–H and O–H groups in total. The summed E-state index contributed by atoms with van der Waals surface area (Å²) in [5.41, 5.74) is 0. The van der Waals surface area contributed by atoms with Gasteiger partial charge in [0.15, 0.2) is 0 Å². The summed E-state index contributed by atoms with van der Waals surface area (Å²) in [5, 5.41) is 9.12. The number of hydrogen-bond donors (Lipinski definition) is 1. The summed E-state index contributed by atoms with van der Waals surface area (Å²) in [6, 6.07) is 0. The summed E-state index contributed by atoms with van der Waals surface area (Å²) in [6.45, 7) is 4.09. The monoisotopic (exact) mass is 399 g/mol. The molecular formula is C22H41NO5. The zero-order valence-corrected chi connectivity index (χ0v) is 18.2. The Kier molecular flexibility index (Phi) is 18.0. The van der Waals surface area contributed by atoms with E-state index in [1.165, 1.54) is 38.5 Å². The van der Waals surface area contributed by atoms with Crippen LogP contribution in [-0.4, -0.2) is 62.4 Å². The fourth-order valence-electron chi connectivity index (χ4n) is 2.95. The lowest BCUT2D eigenvalue weighted by Crippen LogP contribution is -2.36. The lowest BCUT2D eigenvalue weighted by molar-refractivity contribution is -0.144. The molecule has 0 bridgehead atoms. The van der Waals surface area contributed by atoms with Crippen LogP contribution in [0, 0.1) is 5.92 Å². The molecule has 0 heterocycles. The second kappa shape index (κ2) is 18.9. The molecule has 0 aliphatic heterocycles. The number of carbonyl (C=O) groups is 2. The molecule has 0 aromatic heterocycles. The average Bonchev–Trinajstić information content (AvgIpc) is 2.67. The molecule has 0 radical (unpaired) electrons. The van der Waals surface area contributed by atoms with Gasteiger partial charge in [0.2, 0.25) is 5.91 Å². The smallest absolute Gasteiger partial charge is 0.304 e. The molecule has 164 valence electrons. The van der Waals surface area contributed by atoms with Crippen LogP contribution in [0.5, 0.6) is 0 Å². The Bertz CT molecular complexity index is 425. The van der Waals surface area contributed by atoms with Gasteiger partial charge >= 0.3 is 5.97 Å². The number of carboxylic acid groups (broad SMARTS) is 1. The molecule has 0 aromatic rings. The number of likely N-dealkylation sites (N-methyl/N-ethyl adjacent to an activating group) is 1. The van der Waals surface area contributed by atoms with E-state index in [-0.39, 0.29) is 12.3 Å². The second-order valence-electron chi connectivity index (χ2n) is 7.28. The van der Waals surface area contributed by atoms with Crippen molar-refractivity contribution in [3.63, 3.8) is 0 Å². The molecular weight excluding hydrogens is 358 g/mol. The van der Waals surface area contributed by atoms with Gasteiger partial charge < -0.3 is 19.5 Å². The number of rotatable bonds is 19. The van der Waals surface area contributed by atoms with E-state index in [4.69, 9.17) is 14.6 Å². The Balaban J connectivity index is 4.13. The van der Waals surface area contributed by atoms with E-state index in [1.54, 1.807) is 19.1 Å². The Morgan fingerprint density at radius 1 is 1.00 bits per heavy atom. The standard InChI is InChI=1S/C22H41NO5/c1-4-5-6-7-8-9-10-11-12-13-14-20(19-21(24)25)22(26)23(2)15-16-28-18-17-27-3/h12-13,20H,4-11,14-19H2,1-3H3,(H,24,25)/b13-12+. The number of allylic oxidation sites excluding steroid dienone is 2. The van der Waals surface area contributed by atoms with Gasteiger partial charge in [0.05, 0.1) is 32.2 Å². The molecule has 0 aliphatic carbocycles. The lowest BCUT2D eigenvalue weighted by Gasteiger charge is -2.22. The predicted molar refractivity (Wildman–Crippen MR) is 112 cm³/mol.